The lowest BCUT2D eigenvalue weighted by Crippen LogP contribution is -2.19. The summed E-state index contributed by atoms with van der Waals surface area (Å²) in [5, 5.41) is 0. The van der Waals surface area contributed by atoms with Crippen LogP contribution in [0.5, 0.6) is 0 Å². The SMILES string of the molecule is CCCOCc1nc(CC(C)C)c(I)c(=O)[nH]1. The van der Waals surface area contributed by atoms with Gasteiger partial charge in [0.25, 0.3) is 5.56 Å². The first-order valence-corrected chi connectivity index (χ1v) is 6.97. The van der Waals surface area contributed by atoms with Crippen molar-refractivity contribution < 1.29 is 4.74 Å². The van der Waals surface area contributed by atoms with Gasteiger partial charge in [0.1, 0.15) is 12.4 Å². The molecule has 0 fully saturated rings. The molecule has 96 valence electrons. The molecule has 5 heteroatoms. The monoisotopic (exact) mass is 350 g/mol. The van der Waals surface area contributed by atoms with Crippen LogP contribution in [0.3, 0.4) is 0 Å². The summed E-state index contributed by atoms with van der Waals surface area (Å²) in [6, 6.07) is 0. The van der Waals surface area contributed by atoms with Crippen molar-refractivity contribution in [2.45, 2.75) is 40.2 Å². The zero-order valence-electron chi connectivity index (χ0n) is 10.5. The molecule has 0 aliphatic carbocycles. The van der Waals surface area contributed by atoms with Crippen molar-refractivity contribution in [2.24, 2.45) is 5.92 Å². The van der Waals surface area contributed by atoms with Gasteiger partial charge < -0.3 is 9.72 Å². The van der Waals surface area contributed by atoms with Gasteiger partial charge in [0, 0.05) is 6.61 Å². The highest BCUT2D eigenvalue weighted by molar-refractivity contribution is 14.1. The molecule has 1 aromatic rings. The average molecular weight is 350 g/mol. The van der Waals surface area contributed by atoms with Gasteiger partial charge >= 0.3 is 0 Å². The Morgan fingerprint density at radius 3 is 2.76 bits per heavy atom. The zero-order chi connectivity index (χ0) is 12.8. The van der Waals surface area contributed by atoms with E-state index in [2.05, 4.69) is 46.4 Å². The molecule has 17 heavy (non-hydrogen) atoms. The van der Waals surface area contributed by atoms with Crippen LogP contribution >= 0.6 is 22.6 Å². The Bertz CT molecular complexity index is 415. The molecule has 0 saturated carbocycles. The first kappa shape index (κ1) is 14.6. The fourth-order valence-electron chi connectivity index (χ4n) is 1.46. The van der Waals surface area contributed by atoms with Crippen LogP contribution in [0.2, 0.25) is 0 Å². The molecule has 0 radical (unpaired) electrons. The minimum Gasteiger partial charge on any atom is -0.374 e. The summed E-state index contributed by atoms with van der Waals surface area (Å²) in [6.45, 7) is 7.35. The summed E-state index contributed by atoms with van der Waals surface area (Å²) in [5.74, 6) is 1.11. The lowest BCUT2D eigenvalue weighted by molar-refractivity contribution is 0.115. The molecule has 0 amide bonds. The normalized spacial score (nSPS) is 11.1. The third kappa shape index (κ3) is 4.75. The molecule has 0 aliphatic heterocycles. The molecule has 0 saturated heterocycles. The van der Waals surface area contributed by atoms with Crippen LogP contribution in [0.15, 0.2) is 4.79 Å². The minimum absolute atomic E-state index is 0.0636. The molecule has 4 nitrogen and oxygen atoms in total. The maximum atomic E-state index is 11.7. The second-order valence-electron chi connectivity index (χ2n) is 4.42. The lowest BCUT2D eigenvalue weighted by Gasteiger charge is -2.08. The van der Waals surface area contributed by atoms with E-state index < -0.39 is 0 Å². The van der Waals surface area contributed by atoms with Crippen molar-refractivity contribution in [2.75, 3.05) is 6.61 Å². The van der Waals surface area contributed by atoms with Crippen LogP contribution in [-0.2, 0) is 17.8 Å². The van der Waals surface area contributed by atoms with Crippen molar-refractivity contribution in [1.29, 1.82) is 0 Å². The number of ether oxygens (including phenoxy) is 1. The number of nitrogens with zero attached hydrogens (tertiary/aromatic N) is 1. The standard InChI is InChI=1S/C12H19IN2O2/c1-4-5-17-7-10-14-9(6-8(2)3)11(13)12(16)15-10/h8H,4-7H2,1-3H3,(H,14,15,16). The minimum atomic E-state index is -0.0636. The lowest BCUT2D eigenvalue weighted by atomic mass is 10.1. The first-order chi connectivity index (χ1) is 8.04. The maximum absolute atomic E-state index is 11.7. The van der Waals surface area contributed by atoms with Gasteiger partial charge in [-0.3, -0.25) is 4.79 Å². The second kappa shape index (κ2) is 7.10. The van der Waals surface area contributed by atoms with E-state index in [0.29, 0.717) is 28.5 Å². The van der Waals surface area contributed by atoms with Gasteiger partial charge in [-0.2, -0.15) is 0 Å². The zero-order valence-corrected chi connectivity index (χ0v) is 12.7. The largest absolute Gasteiger partial charge is 0.374 e. The number of rotatable bonds is 6. The molecular formula is C12H19IN2O2. The van der Waals surface area contributed by atoms with Gasteiger partial charge in [0.05, 0.1) is 9.26 Å². The predicted molar refractivity (Wildman–Crippen MR) is 76.1 cm³/mol. The van der Waals surface area contributed by atoms with E-state index >= 15 is 0 Å². The number of hydrogen-bond donors (Lipinski definition) is 1. The Hall–Kier alpha value is -0.430. The van der Waals surface area contributed by atoms with Crippen LogP contribution in [-0.4, -0.2) is 16.6 Å². The summed E-state index contributed by atoms with van der Waals surface area (Å²) >= 11 is 2.05. The van der Waals surface area contributed by atoms with Gasteiger partial charge in [-0.1, -0.05) is 20.8 Å². The van der Waals surface area contributed by atoms with Crippen molar-refractivity contribution >= 4 is 22.6 Å². The third-order valence-corrected chi connectivity index (χ3v) is 3.28. The third-order valence-electron chi connectivity index (χ3n) is 2.17. The highest BCUT2D eigenvalue weighted by Gasteiger charge is 2.10. The molecule has 0 spiro atoms. The van der Waals surface area contributed by atoms with E-state index in [0.717, 1.165) is 18.5 Å². The van der Waals surface area contributed by atoms with Crippen LogP contribution in [0, 0.1) is 9.49 Å². The Morgan fingerprint density at radius 1 is 1.47 bits per heavy atom. The maximum Gasteiger partial charge on any atom is 0.264 e. The van der Waals surface area contributed by atoms with Crippen molar-refractivity contribution in [3.05, 3.63) is 25.4 Å². The van der Waals surface area contributed by atoms with E-state index in [4.69, 9.17) is 4.74 Å². The number of aromatic nitrogens is 2. The number of halogens is 1. The predicted octanol–water partition coefficient (Wildman–Crippen LogP) is 2.50. The summed E-state index contributed by atoms with van der Waals surface area (Å²) in [6.07, 6.45) is 1.79. The molecule has 0 aromatic carbocycles. The van der Waals surface area contributed by atoms with Gasteiger partial charge in [-0.15, -0.1) is 0 Å². The van der Waals surface area contributed by atoms with E-state index in [9.17, 15) is 4.79 Å². The number of aromatic amines is 1. The van der Waals surface area contributed by atoms with Crippen molar-refractivity contribution in [1.82, 2.24) is 9.97 Å². The van der Waals surface area contributed by atoms with E-state index in [1.165, 1.54) is 0 Å². The molecule has 0 unspecified atom stereocenters. The average Bonchev–Trinajstić information content (AvgIpc) is 2.25. The Labute approximate surface area is 115 Å². The van der Waals surface area contributed by atoms with E-state index in [1.807, 2.05) is 6.92 Å². The van der Waals surface area contributed by atoms with E-state index in [-0.39, 0.29) is 5.56 Å². The molecular weight excluding hydrogens is 331 g/mol. The number of nitrogens with one attached hydrogen (secondary N) is 1. The van der Waals surface area contributed by atoms with Gasteiger partial charge in [-0.25, -0.2) is 4.98 Å². The van der Waals surface area contributed by atoms with Crippen LogP contribution in [0.1, 0.15) is 38.7 Å². The van der Waals surface area contributed by atoms with E-state index in [1.54, 1.807) is 0 Å². The molecule has 1 aromatic heterocycles. The fourth-order valence-corrected chi connectivity index (χ4v) is 1.94. The highest BCUT2D eigenvalue weighted by Crippen LogP contribution is 2.10. The Kier molecular flexibility index (Phi) is 6.11. The molecule has 1 N–H and O–H groups in total. The van der Waals surface area contributed by atoms with Crippen LogP contribution in [0.25, 0.3) is 0 Å². The number of H-pyrrole nitrogens is 1. The summed E-state index contributed by atoms with van der Waals surface area (Å²) in [7, 11) is 0. The molecule has 0 bridgehead atoms. The summed E-state index contributed by atoms with van der Waals surface area (Å²) < 4.78 is 6.08. The molecule has 0 atom stereocenters. The fraction of sp³-hybridized carbons (Fsp3) is 0.667. The van der Waals surface area contributed by atoms with Crippen molar-refractivity contribution in [3.63, 3.8) is 0 Å². The van der Waals surface area contributed by atoms with Crippen LogP contribution < -0.4 is 5.56 Å². The highest BCUT2D eigenvalue weighted by atomic mass is 127. The quantitative estimate of drug-likeness (QED) is 0.634. The Morgan fingerprint density at radius 2 is 2.18 bits per heavy atom. The summed E-state index contributed by atoms with van der Waals surface area (Å²) in [4.78, 5) is 18.9. The van der Waals surface area contributed by atoms with Gasteiger partial charge in [-0.05, 0) is 41.4 Å². The second-order valence-corrected chi connectivity index (χ2v) is 5.50. The molecule has 1 rings (SSSR count). The summed E-state index contributed by atoms with van der Waals surface area (Å²) in [5.41, 5.74) is 0.811. The van der Waals surface area contributed by atoms with Gasteiger partial charge in [0.2, 0.25) is 0 Å². The van der Waals surface area contributed by atoms with Gasteiger partial charge in [0.15, 0.2) is 0 Å². The smallest absolute Gasteiger partial charge is 0.264 e. The molecule has 0 aliphatic rings. The van der Waals surface area contributed by atoms with Crippen molar-refractivity contribution in [3.8, 4) is 0 Å². The molecule has 1 heterocycles. The Balaban J connectivity index is 2.86. The van der Waals surface area contributed by atoms with Crippen LogP contribution in [0.4, 0.5) is 0 Å². The number of hydrogen-bond acceptors (Lipinski definition) is 3. The first-order valence-electron chi connectivity index (χ1n) is 5.89. The topological polar surface area (TPSA) is 55.0 Å².